The van der Waals surface area contributed by atoms with E-state index in [9.17, 15) is 18.0 Å². The Kier molecular flexibility index (Phi) is 11.3. The Hall–Kier alpha value is -2.89. The second-order valence-electron chi connectivity index (χ2n) is 10.8. The second-order valence-corrected chi connectivity index (χ2v) is 14.4. The maximum absolute atomic E-state index is 14.2. The van der Waals surface area contributed by atoms with Gasteiger partial charge in [0.15, 0.2) is 0 Å². The van der Waals surface area contributed by atoms with E-state index < -0.39 is 28.5 Å². The van der Waals surface area contributed by atoms with E-state index >= 15 is 0 Å². The van der Waals surface area contributed by atoms with Crippen LogP contribution < -0.4 is 14.4 Å². The van der Waals surface area contributed by atoms with Gasteiger partial charge in [0.1, 0.15) is 18.3 Å². The molecule has 1 atom stereocenters. The fourth-order valence-electron chi connectivity index (χ4n) is 5.16. The van der Waals surface area contributed by atoms with Crippen molar-refractivity contribution in [3.8, 4) is 5.75 Å². The van der Waals surface area contributed by atoms with Crippen molar-refractivity contribution in [2.45, 2.75) is 69.5 Å². The van der Waals surface area contributed by atoms with Gasteiger partial charge in [-0.1, -0.05) is 65.0 Å². The van der Waals surface area contributed by atoms with Crippen molar-refractivity contribution in [3.63, 3.8) is 0 Å². The number of hydrogen-bond donors (Lipinski definition) is 1. The molecule has 11 heteroatoms. The summed E-state index contributed by atoms with van der Waals surface area (Å²) >= 11 is 6.86. The molecule has 0 saturated heterocycles. The fourth-order valence-corrected chi connectivity index (χ4v) is 7.74. The van der Waals surface area contributed by atoms with Gasteiger partial charge in [-0.3, -0.25) is 13.9 Å². The predicted molar refractivity (Wildman–Crippen MR) is 176 cm³/mol. The van der Waals surface area contributed by atoms with Crippen LogP contribution in [0.2, 0.25) is 0 Å². The maximum Gasteiger partial charge on any atom is 0.264 e. The topological polar surface area (TPSA) is 96.0 Å². The van der Waals surface area contributed by atoms with Crippen molar-refractivity contribution in [2.75, 3.05) is 18.0 Å². The van der Waals surface area contributed by atoms with Gasteiger partial charge < -0.3 is 15.0 Å². The number of aryl methyl sites for hydroxylation is 1. The Morgan fingerprint density at radius 3 is 2.33 bits per heavy atom. The van der Waals surface area contributed by atoms with Gasteiger partial charge in [0.2, 0.25) is 11.8 Å². The van der Waals surface area contributed by atoms with E-state index in [0.29, 0.717) is 15.9 Å². The van der Waals surface area contributed by atoms with Gasteiger partial charge in [0, 0.05) is 17.1 Å². The number of hydrogen-bond acceptors (Lipinski definition) is 5. The predicted octanol–water partition coefficient (Wildman–Crippen LogP) is 6.59. The van der Waals surface area contributed by atoms with Crippen LogP contribution in [0.5, 0.6) is 5.75 Å². The number of nitrogens with zero attached hydrogens (tertiary/aromatic N) is 2. The van der Waals surface area contributed by atoms with Gasteiger partial charge in [-0.05, 0) is 90.6 Å². The molecule has 1 saturated carbocycles. The number of anilines is 1. The first kappa shape index (κ1) is 33.0. The first-order valence-electron chi connectivity index (χ1n) is 14.3. The first-order chi connectivity index (χ1) is 20.5. The van der Waals surface area contributed by atoms with E-state index in [4.69, 9.17) is 4.74 Å². The number of nitrogens with one attached hydrogen (secondary N) is 1. The average Bonchev–Trinajstić information content (AvgIpc) is 2.99. The minimum Gasteiger partial charge on any atom is -0.496 e. The van der Waals surface area contributed by atoms with E-state index in [1.54, 1.807) is 37.3 Å². The first-order valence-corrected chi connectivity index (χ1v) is 17.3. The zero-order chi connectivity index (χ0) is 31.1. The van der Waals surface area contributed by atoms with Crippen LogP contribution in [-0.2, 0) is 26.2 Å². The fraction of sp³-hybridized carbons (Fsp3) is 0.375. The number of amides is 2. The van der Waals surface area contributed by atoms with Gasteiger partial charge in [-0.15, -0.1) is 0 Å². The van der Waals surface area contributed by atoms with Crippen LogP contribution in [0.15, 0.2) is 80.6 Å². The van der Waals surface area contributed by atoms with Crippen LogP contribution >= 0.6 is 31.9 Å². The van der Waals surface area contributed by atoms with Crippen molar-refractivity contribution >= 4 is 59.4 Å². The van der Waals surface area contributed by atoms with Crippen molar-refractivity contribution < 1.29 is 22.7 Å². The van der Waals surface area contributed by atoms with Crippen molar-refractivity contribution in [2.24, 2.45) is 0 Å². The SMILES string of the molecule is COc1ccc(S(=O)(=O)N(CC(=O)N(Cc2cccc(Br)c2)C(C)C(=O)NC2CCCCC2)c2ccc(C)cc2)cc1Br. The van der Waals surface area contributed by atoms with E-state index in [1.807, 2.05) is 31.2 Å². The maximum atomic E-state index is 14.2. The third kappa shape index (κ3) is 8.39. The average molecular weight is 736 g/mol. The molecule has 1 fully saturated rings. The van der Waals surface area contributed by atoms with E-state index in [2.05, 4.69) is 37.2 Å². The molecule has 3 aromatic carbocycles. The van der Waals surface area contributed by atoms with Crippen LogP contribution in [0.4, 0.5) is 5.69 Å². The highest BCUT2D eigenvalue weighted by Crippen LogP contribution is 2.31. The Morgan fingerprint density at radius 2 is 1.70 bits per heavy atom. The smallest absolute Gasteiger partial charge is 0.264 e. The van der Waals surface area contributed by atoms with Crippen molar-refractivity contribution in [1.82, 2.24) is 10.2 Å². The summed E-state index contributed by atoms with van der Waals surface area (Å²) in [6.45, 7) is 3.23. The summed E-state index contributed by atoms with van der Waals surface area (Å²) < 4.78 is 35.9. The molecule has 43 heavy (non-hydrogen) atoms. The molecule has 4 rings (SSSR count). The van der Waals surface area contributed by atoms with Crippen LogP contribution in [0.1, 0.15) is 50.2 Å². The number of benzene rings is 3. The van der Waals surface area contributed by atoms with Gasteiger partial charge in [0.25, 0.3) is 10.0 Å². The highest BCUT2D eigenvalue weighted by molar-refractivity contribution is 9.10. The molecule has 0 aliphatic heterocycles. The molecule has 8 nitrogen and oxygen atoms in total. The summed E-state index contributed by atoms with van der Waals surface area (Å²) in [5, 5.41) is 3.12. The summed E-state index contributed by atoms with van der Waals surface area (Å²) in [7, 11) is -2.70. The van der Waals surface area contributed by atoms with Gasteiger partial charge in [-0.2, -0.15) is 0 Å². The van der Waals surface area contributed by atoms with E-state index in [-0.39, 0.29) is 23.4 Å². The largest absolute Gasteiger partial charge is 0.496 e. The summed E-state index contributed by atoms with van der Waals surface area (Å²) in [4.78, 5) is 29.1. The molecule has 0 heterocycles. The molecule has 1 unspecified atom stereocenters. The summed E-state index contributed by atoms with van der Waals surface area (Å²) in [5.41, 5.74) is 2.10. The molecule has 2 amide bonds. The Bertz CT molecular complexity index is 1540. The Balaban J connectivity index is 1.69. The van der Waals surface area contributed by atoms with Crippen molar-refractivity contribution in [1.29, 1.82) is 0 Å². The number of ether oxygens (including phenoxy) is 1. The van der Waals surface area contributed by atoms with Crippen LogP contribution in [-0.4, -0.2) is 50.9 Å². The van der Waals surface area contributed by atoms with Crippen LogP contribution in [0.25, 0.3) is 0 Å². The molecule has 0 radical (unpaired) electrons. The highest BCUT2D eigenvalue weighted by atomic mass is 79.9. The van der Waals surface area contributed by atoms with E-state index in [1.165, 1.54) is 24.1 Å². The van der Waals surface area contributed by atoms with Crippen LogP contribution in [0.3, 0.4) is 0 Å². The lowest BCUT2D eigenvalue weighted by Gasteiger charge is -2.33. The minimum atomic E-state index is -4.20. The monoisotopic (exact) mass is 733 g/mol. The highest BCUT2D eigenvalue weighted by Gasteiger charge is 2.33. The third-order valence-electron chi connectivity index (χ3n) is 7.67. The molecule has 0 bridgehead atoms. The van der Waals surface area contributed by atoms with Crippen molar-refractivity contribution in [3.05, 3.63) is 86.8 Å². The van der Waals surface area contributed by atoms with Gasteiger partial charge in [-0.25, -0.2) is 8.42 Å². The lowest BCUT2D eigenvalue weighted by atomic mass is 9.95. The number of carbonyl (C=O) groups is 2. The normalized spacial score (nSPS) is 14.5. The van der Waals surface area contributed by atoms with Crippen LogP contribution in [0, 0.1) is 6.92 Å². The molecular weight excluding hydrogens is 698 g/mol. The third-order valence-corrected chi connectivity index (χ3v) is 10.6. The second kappa shape index (κ2) is 14.7. The standard InChI is InChI=1S/C32H37Br2N3O5S/c1-22-12-14-27(15-13-22)37(43(40,41)28-16-17-30(42-3)29(34)19-28)21-31(38)36(20-24-8-7-9-25(33)18-24)23(2)32(39)35-26-10-5-4-6-11-26/h7-9,12-19,23,26H,4-6,10-11,20-21H2,1-3H3,(H,35,39). The molecule has 0 aromatic heterocycles. The number of methoxy groups -OCH3 is 1. The molecule has 0 spiro atoms. The molecule has 1 aliphatic carbocycles. The number of rotatable bonds is 11. The molecular formula is C32H37Br2N3O5S. The quantitative estimate of drug-likeness (QED) is 0.240. The summed E-state index contributed by atoms with van der Waals surface area (Å²) in [6, 6.07) is 18.2. The number of sulfonamides is 1. The van der Waals surface area contributed by atoms with E-state index in [0.717, 1.165) is 52.0 Å². The molecule has 1 aliphatic rings. The lowest BCUT2D eigenvalue weighted by molar-refractivity contribution is -0.139. The van der Waals surface area contributed by atoms with Gasteiger partial charge >= 0.3 is 0 Å². The summed E-state index contributed by atoms with van der Waals surface area (Å²) in [6.07, 6.45) is 5.10. The summed E-state index contributed by atoms with van der Waals surface area (Å²) in [5.74, 6) is -0.267. The Morgan fingerprint density at radius 1 is 1.00 bits per heavy atom. The number of halogens is 2. The minimum absolute atomic E-state index is 0.00446. The number of carbonyl (C=O) groups excluding carboxylic acids is 2. The molecule has 3 aromatic rings. The Labute approximate surface area is 271 Å². The zero-order valence-electron chi connectivity index (χ0n) is 24.6. The molecule has 230 valence electrons. The lowest BCUT2D eigenvalue weighted by Crippen LogP contribution is -2.53. The zero-order valence-corrected chi connectivity index (χ0v) is 28.5. The molecule has 1 N–H and O–H groups in total. The van der Waals surface area contributed by atoms with Gasteiger partial charge in [0.05, 0.1) is 22.2 Å².